The highest BCUT2D eigenvalue weighted by molar-refractivity contribution is 5.76. The quantitative estimate of drug-likeness (QED) is 0.824. The maximum absolute atomic E-state index is 12.3. The zero-order valence-electron chi connectivity index (χ0n) is 16.1. The monoisotopic (exact) mass is 358 g/mol. The Kier molecular flexibility index (Phi) is 6.08. The van der Waals surface area contributed by atoms with Crippen LogP contribution in [0.1, 0.15) is 56.4 Å². The lowest BCUT2D eigenvalue weighted by Crippen LogP contribution is -2.26. The Morgan fingerprint density at radius 3 is 2.96 bits per heavy atom. The van der Waals surface area contributed by atoms with Crippen LogP contribution in [0, 0.1) is 6.92 Å². The number of hydrogen-bond donors (Lipinski definition) is 1. The number of carbonyl (C=O) groups is 1. The molecule has 1 N–H and O–H groups in total. The van der Waals surface area contributed by atoms with Gasteiger partial charge >= 0.3 is 0 Å². The highest BCUT2D eigenvalue weighted by Crippen LogP contribution is 2.15. The Balaban J connectivity index is 1.53. The minimum Gasteiger partial charge on any atom is -0.350 e. The third kappa shape index (κ3) is 4.52. The first kappa shape index (κ1) is 18.6. The van der Waals surface area contributed by atoms with Gasteiger partial charge in [-0.1, -0.05) is 6.92 Å². The molecule has 3 heterocycles. The van der Waals surface area contributed by atoms with Gasteiger partial charge in [-0.25, -0.2) is 4.98 Å². The molecule has 1 aliphatic rings. The van der Waals surface area contributed by atoms with Crippen LogP contribution < -0.4 is 5.32 Å². The number of fused-ring (bicyclic) bond motifs is 1. The molecule has 0 spiro atoms. The van der Waals surface area contributed by atoms with E-state index in [1.165, 1.54) is 12.1 Å². The maximum Gasteiger partial charge on any atom is 0.222 e. The molecule has 0 unspecified atom stereocenters. The van der Waals surface area contributed by atoms with Gasteiger partial charge in [0.1, 0.15) is 5.82 Å². The molecule has 26 heavy (non-hydrogen) atoms. The summed E-state index contributed by atoms with van der Waals surface area (Å²) >= 11 is 0. The molecule has 0 saturated heterocycles. The molecule has 0 bridgehead atoms. The zero-order valence-corrected chi connectivity index (χ0v) is 16.1. The smallest absolute Gasteiger partial charge is 0.222 e. The summed E-state index contributed by atoms with van der Waals surface area (Å²) in [5.74, 6) is 0.973. The van der Waals surface area contributed by atoms with Gasteiger partial charge in [-0.2, -0.15) is 5.10 Å². The van der Waals surface area contributed by atoms with Crippen LogP contribution in [0.4, 0.5) is 0 Å². The summed E-state index contributed by atoms with van der Waals surface area (Å²) in [7, 11) is 0. The van der Waals surface area contributed by atoms with Crippen molar-refractivity contribution in [3.05, 3.63) is 35.7 Å². The molecule has 1 atom stereocenters. The van der Waals surface area contributed by atoms with Crippen molar-refractivity contribution in [1.29, 1.82) is 0 Å². The maximum atomic E-state index is 12.3. The van der Waals surface area contributed by atoms with Crippen LogP contribution in [0.3, 0.4) is 0 Å². The molecule has 0 saturated carbocycles. The second kappa shape index (κ2) is 8.49. The molecule has 0 fully saturated rings. The van der Waals surface area contributed by atoms with E-state index in [1.54, 1.807) is 6.20 Å². The van der Waals surface area contributed by atoms with E-state index in [0.717, 1.165) is 44.1 Å². The van der Waals surface area contributed by atoms with E-state index in [2.05, 4.69) is 38.0 Å². The summed E-state index contributed by atoms with van der Waals surface area (Å²) < 4.78 is 4.13. The van der Waals surface area contributed by atoms with Gasteiger partial charge in [-0.05, 0) is 39.3 Å². The van der Waals surface area contributed by atoms with Crippen LogP contribution in [-0.2, 0) is 24.4 Å². The van der Waals surface area contributed by atoms with Crippen molar-refractivity contribution in [2.75, 3.05) is 13.1 Å². The number of carbonyl (C=O) groups excluding carboxylic acids is 1. The average molecular weight is 358 g/mol. The van der Waals surface area contributed by atoms with Crippen LogP contribution in [0.25, 0.3) is 0 Å². The first-order valence-corrected chi connectivity index (χ1v) is 9.61. The van der Waals surface area contributed by atoms with Crippen LogP contribution >= 0.6 is 0 Å². The first-order chi connectivity index (χ1) is 12.6. The summed E-state index contributed by atoms with van der Waals surface area (Å²) in [4.78, 5) is 19.0. The molecule has 142 valence electrons. The van der Waals surface area contributed by atoms with Crippen molar-refractivity contribution in [1.82, 2.24) is 29.5 Å². The summed E-state index contributed by atoms with van der Waals surface area (Å²) in [6, 6.07) is 2.23. The Bertz CT molecular complexity index is 734. The normalized spacial score (nSPS) is 16.1. The number of hydrogen-bond acceptors (Lipinski definition) is 4. The molecule has 0 radical (unpaired) electrons. The molecule has 1 amide bonds. The molecule has 0 aliphatic carbocycles. The van der Waals surface area contributed by atoms with Gasteiger partial charge in [0.15, 0.2) is 0 Å². The Hall–Kier alpha value is -2.15. The van der Waals surface area contributed by atoms with Gasteiger partial charge in [0.05, 0.1) is 17.9 Å². The van der Waals surface area contributed by atoms with E-state index in [1.807, 2.05) is 24.6 Å². The van der Waals surface area contributed by atoms with Crippen molar-refractivity contribution in [2.24, 2.45) is 0 Å². The molecule has 2 aromatic rings. The highest BCUT2D eigenvalue weighted by atomic mass is 16.1. The summed E-state index contributed by atoms with van der Waals surface area (Å²) in [6.45, 7) is 10.9. The second-order valence-corrected chi connectivity index (χ2v) is 7.19. The van der Waals surface area contributed by atoms with Gasteiger partial charge in [-0.15, -0.1) is 0 Å². The van der Waals surface area contributed by atoms with Gasteiger partial charge in [-0.3, -0.25) is 14.4 Å². The van der Waals surface area contributed by atoms with Crippen LogP contribution in [0.5, 0.6) is 0 Å². The van der Waals surface area contributed by atoms with Crippen molar-refractivity contribution in [3.8, 4) is 0 Å². The van der Waals surface area contributed by atoms with E-state index in [-0.39, 0.29) is 11.9 Å². The largest absolute Gasteiger partial charge is 0.350 e. The van der Waals surface area contributed by atoms with Crippen LogP contribution in [-0.4, -0.2) is 43.2 Å². The van der Waals surface area contributed by atoms with Crippen LogP contribution in [0.2, 0.25) is 0 Å². The molecule has 7 nitrogen and oxygen atoms in total. The minimum absolute atomic E-state index is 0.0430. The van der Waals surface area contributed by atoms with E-state index < -0.39 is 0 Å². The number of rotatable bonds is 7. The van der Waals surface area contributed by atoms with Gasteiger partial charge in [0.2, 0.25) is 5.91 Å². The lowest BCUT2D eigenvalue weighted by Gasteiger charge is -2.17. The van der Waals surface area contributed by atoms with Gasteiger partial charge < -0.3 is 9.88 Å². The first-order valence-electron chi connectivity index (χ1n) is 9.61. The fourth-order valence-electron chi connectivity index (χ4n) is 3.66. The summed E-state index contributed by atoms with van der Waals surface area (Å²) in [5.41, 5.74) is 2.20. The molecule has 2 aromatic heterocycles. The van der Waals surface area contributed by atoms with Gasteiger partial charge in [0, 0.05) is 44.5 Å². The third-order valence-electron chi connectivity index (χ3n) is 4.97. The Labute approximate surface area is 155 Å². The van der Waals surface area contributed by atoms with Crippen molar-refractivity contribution >= 4 is 5.91 Å². The number of aromatic nitrogens is 4. The van der Waals surface area contributed by atoms with Crippen molar-refractivity contribution in [2.45, 2.75) is 65.7 Å². The number of imidazole rings is 1. The highest BCUT2D eigenvalue weighted by Gasteiger charge is 2.17. The van der Waals surface area contributed by atoms with Gasteiger partial charge in [0.25, 0.3) is 0 Å². The fraction of sp³-hybridized carbons (Fsp3) is 0.632. The Morgan fingerprint density at radius 2 is 2.23 bits per heavy atom. The molecule has 0 aromatic carbocycles. The standard InChI is InChI=1S/C19H30N6O/c1-4-7-23-8-5-9-25-18(14-23)12-17(22-25)13-21-19(26)11-15(2)24-10-6-20-16(24)3/h6,10,12,15H,4-5,7-9,11,13-14H2,1-3H3,(H,21,26)/t15-/m1/s1. The molecule has 3 rings (SSSR count). The molecule has 7 heteroatoms. The van der Waals surface area contributed by atoms with Crippen LogP contribution in [0.15, 0.2) is 18.5 Å². The van der Waals surface area contributed by atoms with Crippen molar-refractivity contribution in [3.63, 3.8) is 0 Å². The average Bonchev–Trinajstić information content (AvgIpc) is 3.15. The summed E-state index contributed by atoms with van der Waals surface area (Å²) in [5, 5.41) is 7.69. The molecular weight excluding hydrogens is 328 g/mol. The minimum atomic E-state index is 0.0430. The molecule has 1 aliphatic heterocycles. The lowest BCUT2D eigenvalue weighted by molar-refractivity contribution is -0.121. The zero-order chi connectivity index (χ0) is 18.5. The van der Waals surface area contributed by atoms with Crippen molar-refractivity contribution < 1.29 is 4.79 Å². The number of nitrogens with one attached hydrogen (secondary N) is 1. The topological polar surface area (TPSA) is 68.0 Å². The van der Waals surface area contributed by atoms with E-state index in [4.69, 9.17) is 0 Å². The van der Waals surface area contributed by atoms with E-state index >= 15 is 0 Å². The fourth-order valence-corrected chi connectivity index (χ4v) is 3.66. The number of aryl methyl sites for hydroxylation is 2. The van der Waals surface area contributed by atoms with E-state index in [9.17, 15) is 4.79 Å². The Morgan fingerprint density at radius 1 is 1.38 bits per heavy atom. The molecular formula is C19H30N6O. The predicted molar refractivity (Wildman–Crippen MR) is 101 cm³/mol. The summed E-state index contributed by atoms with van der Waals surface area (Å²) in [6.07, 6.45) is 6.43. The third-order valence-corrected chi connectivity index (χ3v) is 4.97. The second-order valence-electron chi connectivity index (χ2n) is 7.19. The van der Waals surface area contributed by atoms with E-state index in [0.29, 0.717) is 13.0 Å². The number of nitrogens with zero attached hydrogens (tertiary/aromatic N) is 5. The lowest BCUT2D eigenvalue weighted by atomic mass is 10.2. The SMILES string of the molecule is CCCN1CCCn2nc(CNC(=O)C[C@@H](C)n3ccnc3C)cc2C1. The predicted octanol–water partition coefficient (Wildman–Crippen LogP) is 2.27. The number of amides is 1.